The van der Waals surface area contributed by atoms with Gasteiger partial charge < -0.3 is 5.32 Å². The summed E-state index contributed by atoms with van der Waals surface area (Å²) < 4.78 is 0. The zero-order valence-corrected chi connectivity index (χ0v) is 7.65. The summed E-state index contributed by atoms with van der Waals surface area (Å²) in [5, 5.41) is 2.68. The third kappa shape index (κ3) is 5.78. The van der Waals surface area contributed by atoms with E-state index < -0.39 is 0 Å². The SMILES string of the molecule is CC.O=C1CCCN1.P. The highest BCUT2D eigenvalue weighted by Crippen LogP contribution is 1.93. The summed E-state index contributed by atoms with van der Waals surface area (Å²) in [5.74, 6) is 0.204. The fourth-order valence-corrected chi connectivity index (χ4v) is 0.565. The molecule has 1 unspecified atom stereocenters. The minimum atomic E-state index is 0. The van der Waals surface area contributed by atoms with E-state index in [9.17, 15) is 4.79 Å². The van der Waals surface area contributed by atoms with Crippen molar-refractivity contribution in [3.8, 4) is 0 Å². The lowest BCUT2D eigenvalue weighted by atomic mass is 10.4. The molecule has 1 heterocycles. The molecule has 9 heavy (non-hydrogen) atoms. The quantitative estimate of drug-likeness (QED) is 0.511. The maximum absolute atomic E-state index is 10.1. The van der Waals surface area contributed by atoms with Gasteiger partial charge in [-0.1, -0.05) is 13.8 Å². The molecule has 1 saturated heterocycles. The molecule has 56 valence electrons. The van der Waals surface area contributed by atoms with Gasteiger partial charge in [-0.05, 0) is 6.42 Å². The molecule has 0 spiro atoms. The lowest BCUT2D eigenvalue weighted by Crippen LogP contribution is -2.12. The van der Waals surface area contributed by atoms with Crippen LogP contribution in [0.1, 0.15) is 26.7 Å². The number of hydrogen-bond acceptors (Lipinski definition) is 1. The van der Waals surface area contributed by atoms with Crippen molar-refractivity contribution in [1.82, 2.24) is 5.32 Å². The number of carbonyl (C=O) groups excluding carboxylic acids is 1. The molecule has 0 aromatic carbocycles. The molecule has 3 heteroatoms. The van der Waals surface area contributed by atoms with E-state index in [4.69, 9.17) is 0 Å². The van der Waals surface area contributed by atoms with Crippen molar-refractivity contribution >= 4 is 15.8 Å². The molecule has 0 aromatic heterocycles. The Kier molecular flexibility index (Phi) is 10.2. The Morgan fingerprint density at radius 1 is 1.44 bits per heavy atom. The Morgan fingerprint density at radius 3 is 2.11 bits per heavy atom. The number of nitrogens with one attached hydrogen (secondary N) is 1. The Hall–Kier alpha value is -0.100. The van der Waals surface area contributed by atoms with Crippen molar-refractivity contribution in [2.75, 3.05) is 6.54 Å². The standard InChI is InChI=1S/C4H7NO.C2H6.H3P/c6-4-2-1-3-5-4;1-2;/h1-3H2,(H,5,6);1-2H3;1H3. The third-order valence-corrected chi connectivity index (χ3v) is 0.903. The van der Waals surface area contributed by atoms with Crippen LogP contribution in [-0.2, 0) is 4.79 Å². The van der Waals surface area contributed by atoms with Crippen molar-refractivity contribution in [2.45, 2.75) is 26.7 Å². The lowest BCUT2D eigenvalue weighted by Gasteiger charge is -1.80. The van der Waals surface area contributed by atoms with Crippen molar-refractivity contribution in [1.29, 1.82) is 0 Å². The molecule has 0 radical (unpaired) electrons. The zero-order valence-electron chi connectivity index (χ0n) is 6.24. The van der Waals surface area contributed by atoms with Gasteiger partial charge in [-0.25, -0.2) is 0 Å². The van der Waals surface area contributed by atoms with E-state index in [1.807, 2.05) is 13.8 Å². The minimum Gasteiger partial charge on any atom is -0.356 e. The van der Waals surface area contributed by atoms with Gasteiger partial charge in [0.2, 0.25) is 5.91 Å². The first-order chi connectivity index (χ1) is 3.89. The molecular formula is C6H16NOP. The molecule has 1 aliphatic heterocycles. The summed E-state index contributed by atoms with van der Waals surface area (Å²) in [6.45, 7) is 4.89. The van der Waals surface area contributed by atoms with Crippen LogP contribution in [0, 0.1) is 0 Å². The van der Waals surface area contributed by atoms with Crippen molar-refractivity contribution in [3.63, 3.8) is 0 Å². The zero-order chi connectivity index (χ0) is 6.41. The summed E-state index contributed by atoms with van der Waals surface area (Å²) in [6.07, 6.45) is 1.76. The van der Waals surface area contributed by atoms with E-state index in [0.717, 1.165) is 19.4 Å². The maximum Gasteiger partial charge on any atom is 0.220 e. The van der Waals surface area contributed by atoms with Gasteiger partial charge in [-0.3, -0.25) is 4.79 Å². The molecule has 0 saturated carbocycles. The summed E-state index contributed by atoms with van der Waals surface area (Å²) in [4.78, 5) is 10.1. The highest BCUT2D eigenvalue weighted by atomic mass is 31.0. The van der Waals surface area contributed by atoms with Gasteiger partial charge in [0.05, 0.1) is 0 Å². The van der Waals surface area contributed by atoms with E-state index in [-0.39, 0.29) is 15.8 Å². The molecule has 1 fully saturated rings. The van der Waals surface area contributed by atoms with E-state index in [2.05, 4.69) is 5.32 Å². The van der Waals surface area contributed by atoms with Gasteiger partial charge in [0.1, 0.15) is 0 Å². The van der Waals surface area contributed by atoms with Crippen LogP contribution in [0.5, 0.6) is 0 Å². The first kappa shape index (κ1) is 11.7. The molecule has 2 nitrogen and oxygen atoms in total. The molecule has 0 bridgehead atoms. The summed E-state index contributed by atoms with van der Waals surface area (Å²) in [6, 6.07) is 0. The molecule has 1 amide bonds. The van der Waals surface area contributed by atoms with Crippen LogP contribution in [0.4, 0.5) is 0 Å². The lowest BCUT2D eigenvalue weighted by molar-refractivity contribution is -0.119. The van der Waals surface area contributed by atoms with Crippen LogP contribution >= 0.6 is 9.90 Å². The number of hydrogen-bond donors (Lipinski definition) is 1. The van der Waals surface area contributed by atoms with Crippen LogP contribution < -0.4 is 5.32 Å². The molecule has 1 aliphatic rings. The van der Waals surface area contributed by atoms with E-state index in [0.29, 0.717) is 0 Å². The Bertz CT molecular complexity index is 67.5. The highest BCUT2D eigenvalue weighted by Gasteiger charge is 2.05. The van der Waals surface area contributed by atoms with Gasteiger partial charge in [-0.2, -0.15) is 9.90 Å². The van der Waals surface area contributed by atoms with E-state index in [1.165, 1.54) is 0 Å². The van der Waals surface area contributed by atoms with E-state index >= 15 is 0 Å². The summed E-state index contributed by atoms with van der Waals surface area (Å²) >= 11 is 0. The summed E-state index contributed by atoms with van der Waals surface area (Å²) in [7, 11) is 0. The second-order valence-electron chi connectivity index (χ2n) is 1.45. The van der Waals surface area contributed by atoms with E-state index in [1.54, 1.807) is 0 Å². The Balaban J connectivity index is 0. The predicted molar refractivity (Wildman–Crippen MR) is 44.7 cm³/mol. The number of rotatable bonds is 0. The Morgan fingerprint density at radius 2 is 2.00 bits per heavy atom. The highest BCUT2D eigenvalue weighted by molar-refractivity contribution is 6.92. The van der Waals surface area contributed by atoms with Gasteiger partial charge in [0, 0.05) is 13.0 Å². The molecule has 1 N–H and O–H groups in total. The first-order valence-electron chi connectivity index (χ1n) is 3.16. The molecule has 1 atom stereocenters. The molecule has 0 aliphatic carbocycles. The normalized spacial score (nSPS) is 14.7. The van der Waals surface area contributed by atoms with Crippen molar-refractivity contribution in [2.24, 2.45) is 0 Å². The van der Waals surface area contributed by atoms with Crippen LogP contribution in [0.3, 0.4) is 0 Å². The van der Waals surface area contributed by atoms with Crippen LogP contribution in [-0.4, -0.2) is 12.5 Å². The fraction of sp³-hybridized carbons (Fsp3) is 0.833. The number of carbonyl (C=O) groups is 1. The van der Waals surface area contributed by atoms with Crippen molar-refractivity contribution < 1.29 is 4.79 Å². The molecule has 0 aromatic rings. The molecular weight excluding hydrogens is 133 g/mol. The topological polar surface area (TPSA) is 29.1 Å². The number of amides is 1. The average molecular weight is 149 g/mol. The first-order valence-corrected chi connectivity index (χ1v) is 3.16. The van der Waals surface area contributed by atoms with Crippen LogP contribution in [0.15, 0.2) is 0 Å². The largest absolute Gasteiger partial charge is 0.356 e. The smallest absolute Gasteiger partial charge is 0.220 e. The Labute approximate surface area is 60.0 Å². The monoisotopic (exact) mass is 149 g/mol. The predicted octanol–water partition coefficient (Wildman–Crippen LogP) is 0.981. The van der Waals surface area contributed by atoms with Crippen molar-refractivity contribution in [3.05, 3.63) is 0 Å². The minimum absolute atomic E-state index is 0. The maximum atomic E-state index is 10.1. The van der Waals surface area contributed by atoms with Crippen LogP contribution in [0.2, 0.25) is 0 Å². The van der Waals surface area contributed by atoms with Gasteiger partial charge >= 0.3 is 0 Å². The average Bonchev–Trinajstić information content (AvgIpc) is 2.24. The van der Waals surface area contributed by atoms with Gasteiger partial charge in [0.25, 0.3) is 0 Å². The van der Waals surface area contributed by atoms with Gasteiger partial charge in [-0.15, -0.1) is 0 Å². The molecule has 1 rings (SSSR count). The summed E-state index contributed by atoms with van der Waals surface area (Å²) in [5.41, 5.74) is 0. The van der Waals surface area contributed by atoms with Gasteiger partial charge in [0.15, 0.2) is 0 Å². The fourth-order valence-electron chi connectivity index (χ4n) is 0.565. The second-order valence-corrected chi connectivity index (χ2v) is 1.45. The second kappa shape index (κ2) is 7.90. The van der Waals surface area contributed by atoms with Crippen LogP contribution in [0.25, 0.3) is 0 Å². The third-order valence-electron chi connectivity index (χ3n) is 0.903.